The van der Waals surface area contributed by atoms with Crippen molar-refractivity contribution in [2.45, 2.75) is 6.42 Å². The molecule has 8 heteroatoms. The van der Waals surface area contributed by atoms with Crippen LogP contribution < -0.4 is 0 Å². The van der Waals surface area contributed by atoms with E-state index in [1.807, 2.05) is 0 Å². The lowest BCUT2D eigenvalue weighted by molar-refractivity contribution is -0.384. The third-order valence-electron chi connectivity index (χ3n) is 6.13. The van der Waals surface area contributed by atoms with Gasteiger partial charge in [0.05, 0.1) is 23.0 Å². The number of halogens is 1. The van der Waals surface area contributed by atoms with Gasteiger partial charge in [-0.05, 0) is 36.2 Å². The van der Waals surface area contributed by atoms with E-state index in [1.54, 1.807) is 6.07 Å². The van der Waals surface area contributed by atoms with Crippen molar-refractivity contribution in [1.29, 1.82) is 0 Å². The second kappa shape index (κ2) is 5.23. The highest BCUT2D eigenvalue weighted by Crippen LogP contribution is 2.65. The van der Waals surface area contributed by atoms with E-state index in [1.165, 1.54) is 18.3 Å². The molecule has 2 saturated carbocycles. The first-order valence-corrected chi connectivity index (χ1v) is 8.89. The van der Waals surface area contributed by atoms with Crippen molar-refractivity contribution >= 4 is 35.3 Å². The van der Waals surface area contributed by atoms with Crippen LogP contribution in [0.15, 0.2) is 35.5 Å². The minimum atomic E-state index is -0.587. The molecule has 0 aromatic heterocycles. The Bertz CT molecular complexity index is 891. The van der Waals surface area contributed by atoms with E-state index in [4.69, 9.17) is 11.6 Å². The quantitative estimate of drug-likeness (QED) is 0.268. The van der Waals surface area contributed by atoms with Crippen molar-refractivity contribution < 1.29 is 14.5 Å². The number of rotatable bonds is 3. The molecule has 1 saturated heterocycles. The van der Waals surface area contributed by atoms with Gasteiger partial charge in [-0.2, -0.15) is 10.1 Å². The zero-order chi connectivity index (χ0) is 18.2. The van der Waals surface area contributed by atoms with Crippen molar-refractivity contribution in [2.24, 2.45) is 40.6 Å². The summed E-state index contributed by atoms with van der Waals surface area (Å²) in [7, 11) is 0. The summed E-state index contributed by atoms with van der Waals surface area (Å²) in [5, 5.41) is 16.0. The maximum atomic E-state index is 12.8. The normalized spacial score (nSPS) is 36.6. The highest BCUT2D eigenvalue weighted by Gasteiger charge is 2.67. The van der Waals surface area contributed by atoms with Crippen LogP contribution >= 0.6 is 11.6 Å². The first kappa shape index (κ1) is 15.7. The molecule has 7 nitrogen and oxygen atoms in total. The summed E-state index contributed by atoms with van der Waals surface area (Å²) in [4.78, 5) is 36.0. The standard InChI is InChI=1S/C18H14ClN3O4/c19-13-4-1-8(5-14(13)22(25)26)7-20-21-17(23)15-9-2-3-10(12-6-11(9)12)16(15)18(21)24/h1-5,7,9-12,15-16H,6H2/b20-7-/t9-,10-,11-,12-,15+,16+/m0/s1. The fourth-order valence-electron chi connectivity index (χ4n) is 4.93. The van der Waals surface area contributed by atoms with Gasteiger partial charge >= 0.3 is 0 Å². The largest absolute Gasteiger partial charge is 0.288 e. The van der Waals surface area contributed by atoms with E-state index in [2.05, 4.69) is 17.3 Å². The number of hydrogen-bond acceptors (Lipinski definition) is 5. The molecule has 1 heterocycles. The highest BCUT2D eigenvalue weighted by molar-refractivity contribution is 6.32. The number of hydrazone groups is 1. The molecule has 0 N–H and O–H groups in total. The lowest BCUT2D eigenvalue weighted by Crippen LogP contribution is -2.40. The van der Waals surface area contributed by atoms with Gasteiger partial charge in [0, 0.05) is 11.6 Å². The molecule has 1 aromatic rings. The molecular formula is C18H14ClN3O4. The molecule has 2 bridgehead atoms. The fraction of sp³-hybridized carbons (Fsp3) is 0.389. The molecule has 0 unspecified atom stereocenters. The smallest absolute Gasteiger partial charge is 0.272 e. The van der Waals surface area contributed by atoms with Gasteiger partial charge in [-0.3, -0.25) is 19.7 Å². The van der Waals surface area contributed by atoms with Crippen LogP contribution in [0.1, 0.15) is 12.0 Å². The summed E-state index contributed by atoms with van der Waals surface area (Å²) < 4.78 is 0. The average Bonchev–Trinajstić information content (AvgIpc) is 3.40. The Morgan fingerprint density at radius 3 is 2.35 bits per heavy atom. The van der Waals surface area contributed by atoms with Crippen LogP contribution in [-0.2, 0) is 9.59 Å². The molecule has 2 amide bonds. The van der Waals surface area contributed by atoms with Gasteiger partial charge < -0.3 is 0 Å². The first-order valence-electron chi connectivity index (χ1n) is 8.51. The maximum absolute atomic E-state index is 12.8. The van der Waals surface area contributed by atoms with Gasteiger partial charge in [0.2, 0.25) is 0 Å². The summed E-state index contributed by atoms with van der Waals surface area (Å²) in [6.07, 6.45) is 6.60. The Labute approximate surface area is 153 Å². The van der Waals surface area contributed by atoms with Crippen molar-refractivity contribution in [3.8, 4) is 0 Å². The average molecular weight is 372 g/mol. The predicted molar refractivity (Wildman–Crippen MR) is 92.3 cm³/mol. The van der Waals surface area contributed by atoms with E-state index in [0.29, 0.717) is 17.4 Å². The molecule has 3 fully saturated rings. The lowest BCUT2D eigenvalue weighted by Gasteiger charge is -2.37. The Hall–Kier alpha value is -2.54. The maximum Gasteiger partial charge on any atom is 0.288 e. The highest BCUT2D eigenvalue weighted by atomic mass is 35.5. The molecule has 6 atom stereocenters. The molecule has 5 aliphatic rings. The molecule has 0 spiro atoms. The van der Waals surface area contributed by atoms with Gasteiger partial charge in [-0.25, -0.2) is 0 Å². The van der Waals surface area contributed by atoms with E-state index >= 15 is 0 Å². The van der Waals surface area contributed by atoms with Crippen molar-refractivity contribution in [3.05, 3.63) is 51.1 Å². The number of carbonyl (C=O) groups excluding carboxylic acids is 2. The topological polar surface area (TPSA) is 92.9 Å². The van der Waals surface area contributed by atoms with Gasteiger partial charge in [0.15, 0.2) is 0 Å². The van der Waals surface area contributed by atoms with Crippen LogP contribution in [-0.4, -0.2) is 28.0 Å². The Morgan fingerprint density at radius 2 is 1.77 bits per heavy atom. The number of allylic oxidation sites excluding steroid dienone is 2. The lowest BCUT2D eigenvalue weighted by atomic mass is 9.63. The van der Waals surface area contributed by atoms with Crippen LogP contribution in [0.5, 0.6) is 0 Å². The Kier molecular flexibility index (Phi) is 3.16. The second-order valence-corrected chi connectivity index (χ2v) is 7.76. The number of hydrogen-bond donors (Lipinski definition) is 0. The number of amides is 2. The molecule has 1 aliphatic heterocycles. The zero-order valence-electron chi connectivity index (χ0n) is 13.5. The number of benzene rings is 1. The summed E-state index contributed by atoms with van der Waals surface area (Å²) in [5.74, 6) is 0.216. The van der Waals surface area contributed by atoms with Gasteiger partial charge in [0.25, 0.3) is 17.5 Å². The molecule has 1 aromatic carbocycles. The minimum Gasteiger partial charge on any atom is -0.272 e. The molecular weight excluding hydrogens is 358 g/mol. The SMILES string of the molecule is O=C1[C@@H]2[C@H]3C=C[C@@H]([C@@H]4C[C@@H]34)[C@H]2C(=O)N1/N=C\c1ccc(Cl)c([N+](=O)[O-])c1. The third kappa shape index (κ3) is 2.03. The zero-order valence-corrected chi connectivity index (χ0v) is 14.2. The van der Waals surface area contributed by atoms with Crippen LogP contribution in [0.3, 0.4) is 0 Å². The van der Waals surface area contributed by atoms with E-state index in [-0.39, 0.29) is 46.2 Å². The van der Waals surface area contributed by atoms with Crippen LogP contribution in [0.25, 0.3) is 0 Å². The summed E-state index contributed by atoms with van der Waals surface area (Å²) in [5.41, 5.74) is 0.159. The second-order valence-electron chi connectivity index (χ2n) is 7.36. The fourth-order valence-corrected chi connectivity index (χ4v) is 5.12. The molecule has 26 heavy (non-hydrogen) atoms. The Morgan fingerprint density at radius 1 is 1.15 bits per heavy atom. The van der Waals surface area contributed by atoms with Crippen LogP contribution in [0.4, 0.5) is 5.69 Å². The molecule has 0 radical (unpaired) electrons. The molecule has 6 rings (SSSR count). The number of nitro groups is 1. The Balaban J connectivity index is 1.43. The van der Waals surface area contributed by atoms with Crippen molar-refractivity contribution in [3.63, 3.8) is 0 Å². The van der Waals surface area contributed by atoms with Crippen LogP contribution in [0, 0.1) is 45.6 Å². The third-order valence-corrected chi connectivity index (χ3v) is 6.45. The van der Waals surface area contributed by atoms with E-state index in [9.17, 15) is 19.7 Å². The summed E-state index contributed by atoms with van der Waals surface area (Å²) >= 11 is 5.79. The van der Waals surface area contributed by atoms with Gasteiger partial charge in [-0.15, -0.1) is 0 Å². The minimum absolute atomic E-state index is 0.0216. The number of nitro benzene ring substituents is 1. The number of imide groups is 1. The number of carbonyl (C=O) groups is 2. The van der Waals surface area contributed by atoms with Crippen molar-refractivity contribution in [1.82, 2.24) is 5.01 Å². The summed E-state index contributed by atoms with van der Waals surface area (Å²) in [6.45, 7) is 0. The van der Waals surface area contributed by atoms with Gasteiger partial charge in [-0.1, -0.05) is 29.8 Å². The van der Waals surface area contributed by atoms with Crippen molar-refractivity contribution in [2.75, 3.05) is 0 Å². The monoisotopic (exact) mass is 371 g/mol. The number of nitrogens with zero attached hydrogens (tertiary/aromatic N) is 3. The van der Waals surface area contributed by atoms with Crippen LogP contribution in [0.2, 0.25) is 5.02 Å². The molecule has 4 aliphatic carbocycles. The predicted octanol–water partition coefficient (Wildman–Crippen LogP) is 2.64. The first-order chi connectivity index (χ1) is 12.5. The summed E-state index contributed by atoms with van der Waals surface area (Å²) in [6, 6.07) is 4.22. The van der Waals surface area contributed by atoms with E-state index in [0.717, 1.165) is 11.4 Å². The van der Waals surface area contributed by atoms with Gasteiger partial charge in [0.1, 0.15) is 5.02 Å². The molecule has 132 valence electrons. The van der Waals surface area contributed by atoms with E-state index < -0.39 is 4.92 Å².